The Hall–Kier alpha value is -3.32. The van der Waals surface area contributed by atoms with E-state index in [-0.39, 0.29) is 0 Å². The van der Waals surface area contributed by atoms with E-state index in [1.54, 1.807) is 0 Å². The molecule has 0 saturated carbocycles. The molecular weight excluding hydrogens is 483 g/mol. The lowest BCUT2D eigenvalue weighted by Crippen LogP contribution is -2.60. The summed E-state index contributed by atoms with van der Waals surface area (Å²) in [6.45, 7) is -3.36. The number of hydrogen-bond donors (Lipinski definition) is 0. The molecular formula is C19H5BF12O. The van der Waals surface area contributed by atoms with Gasteiger partial charge in [-0.2, -0.15) is 8.78 Å². The molecule has 0 fully saturated rings. The molecule has 14 heteroatoms. The van der Waals surface area contributed by atoms with Crippen molar-refractivity contribution in [2.24, 2.45) is 0 Å². The highest BCUT2D eigenvalue weighted by Gasteiger charge is 2.43. The van der Waals surface area contributed by atoms with Crippen LogP contribution in [0, 0.1) is 69.8 Å². The summed E-state index contributed by atoms with van der Waals surface area (Å²) < 4.78 is 174. The molecule has 0 aliphatic carbocycles. The normalized spacial score (nSPS) is 11.2. The molecule has 0 aliphatic heterocycles. The Balaban J connectivity index is 2.60. The van der Waals surface area contributed by atoms with Crippen molar-refractivity contribution in [2.45, 2.75) is 0 Å². The Morgan fingerprint density at radius 2 is 0.788 bits per heavy atom. The monoisotopic (exact) mass is 488 g/mol. The van der Waals surface area contributed by atoms with Crippen molar-refractivity contribution in [1.82, 2.24) is 0 Å². The summed E-state index contributed by atoms with van der Waals surface area (Å²) in [5, 5.41) is 0. The third-order valence-corrected chi connectivity index (χ3v) is 4.63. The molecule has 0 N–H and O–H groups in total. The minimum atomic E-state index is -3.36. The number of ether oxygens (including phenoxy) is 1. The molecule has 0 atom stereocenters. The highest BCUT2D eigenvalue weighted by atomic mass is 19.2. The zero-order valence-electron chi connectivity index (χ0n) is 15.7. The fraction of sp³-hybridized carbons (Fsp3) is 0.0526. The van der Waals surface area contributed by atoms with Gasteiger partial charge in [-0.3, -0.25) is 0 Å². The maximum absolute atomic E-state index is 14.7. The quantitative estimate of drug-likeness (QED) is 0.235. The fourth-order valence-electron chi connectivity index (χ4n) is 3.18. The summed E-state index contributed by atoms with van der Waals surface area (Å²) in [7, 11) is 0.556. The first-order valence-electron chi connectivity index (χ1n) is 8.40. The van der Waals surface area contributed by atoms with E-state index in [1.165, 1.54) is 0 Å². The number of benzene rings is 3. The van der Waals surface area contributed by atoms with Gasteiger partial charge in [-0.25, -0.2) is 43.9 Å². The van der Waals surface area contributed by atoms with Gasteiger partial charge in [-0.15, -0.1) is 0 Å². The van der Waals surface area contributed by atoms with Crippen molar-refractivity contribution in [3.63, 3.8) is 0 Å². The molecule has 1 nitrogen and oxygen atoms in total. The summed E-state index contributed by atoms with van der Waals surface area (Å²) >= 11 is 0. The second kappa shape index (κ2) is 8.56. The first-order chi connectivity index (χ1) is 15.3. The van der Waals surface area contributed by atoms with Gasteiger partial charge < -0.3 is 4.74 Å². The average Bonchev–Trinajstić information content (AvgIpc) is 2.75. The maximum Gasteiger partial charge on any atom is 0.264 e. The Labute approximate surface area is 176 Å². The Morgan fingerprint density at radius 3 is 1.12 bits per heavy atom. The predicted octanol–water partition coefficient (Wildman–Crippen LogP) is 3.88. The molecule has 3 aromatic rings. The third kappa shape index (κ3) is 3.66. The van der Waals surface area contributed by atoms with Gasteiger partial charge in [-0.1, -0.05) is 0 Å². The fourth-order valence-corrected chi connectivity index (χ4v) is 3.18. The van der Waals surface area contributed by atoms with Crippen LogP contribution in [0.25, 0.3) is 0 Å². The van der Waals surface area contributed by atoms with Gasteiger partial charge in [0.1, 0.15) is 11.6 Å². The van der Waals surface area contributed by atoms with Gasteiger partial charge >= 0.3 is 0 Å². The Kier molecular flexibility index (Phi) is 6.31. The SMILES string of the molecule is COc1c(F)c(F)c(B(c2c(F)cc(F)c(F)c2F)c2c(F)cc(F)c(F)c2F)c(F)c1F. The minimum absolute atomic E-state index is 0.414. The second-order valence-electron chi connectivity index (χ2n) is 6.40. The maximum atomic E-state index is 14.7. The van der Waals surface area contributed by atoms with E-state index in [0.717, 1.165) is 0 Å². The van der Waals surface area contributed by atoms with Gasteiger partial charge in [0, 0.05) is 28.5 Å². The molecule has 174 valence electrons. The zero-order chi connectivity index (χ0) is 24.9. The van der Waals surface area contributed by atoms with E-state index in [9.17, 15) is 52.7 Å². The summed E-state index contributed by atoms with van der Waals surface area (Å²) in [5.41, 5.74) is -6.32. The Morgan fingerprint density at radius 1 is 0.455 bits per heavy atom. The van der Waals surface area contributed by atoms with Crippen LogP contribution in [-0.4, -0.2) is 13.8 Å². The molecule has 0 heterocycles. The van der Waals surface area contributed by atoms with Gasteiger partial charge in [-0.05, 0) is 0 Å². The number of halogens is 12. The predicted molar refractivity (Wildman–Crippen MR) is 90.0 cm³/mol. The summed E-state index contributed by atoms with van der Waals surface area (Å²) in [6.07, 6.45) is 0. The van der Waals surface area contributed by atoms with Crippen molar-refractivity contribution in [3.05, 3.63) is 81.9 Å². The standard InChI is InChI=1S/C19H5BF12O/c1-33-19-17(31)15(29)10(16(30)18(19)32)20(8-4(21)2-6(23)11(25)13(8)27)9-5(22)3-7(24)12(26)14(9)28/h2-3H,1H3. The van der Waals surface area contributed by atoms with Crippen molar-refractivity contribution in [3.8, 4) is 5.75 Å². The molecule has 0 unspecified atom stereocenters. The van der Waals surface area contributed by atoms with Gasteiger partial charge in [0.25, 0.3) is 6.71 Å². The Bertz CT molecular complexity index is 1200. The van der Waals surface area contributed by atoms with E-state index in [0.29, 0.717) is 7.11 Å². The van der Waals surface area contributed by atoms with Crippen molar-refractivity contribution in [1.29, 1.82) is 0 Å². The van der Waals surface area contributed by atoms with Crippen LogP contribution in [-0.2, 0) is 0 Å². The lowest BCUT2D eigenvalue weighted by molar-refractivity contribution is 0.335. The van der Waals surface area contributed by atoms with Crippen LogP contribution >= 0.6 is 0 Å². The van der Waals surface area contributed by atoms with E-state index in [2.05, 4.69) is 4.74 Å². The topological polar surface area (TPSA) is 9.23 Å². The van der Waals surface area contributed by atoms with Crippen LogP contribution in [0.1, 0.15) is 0 Å². The average molecular weight is 488 g/mol. The number of rotatable bonds is 4. The zero-order valence-corrected chi connectivity index (χ0v) is 15.7. The van der Waals surface area contributed by atoms with Gasteiger partial charge in [0.2, 0.25) is 11.6 Å². The van der Waals surface area contributed by atoms with Crippen LogP contribution < -0.4 is 21.1 Å². The third-order valence-electron chi connectivity index (χ3n) is 4.63. The smallest absolute Gasteiger partial charge is 0.264 e. The van der Waals surface area contributed by atoms with E-state index in [4.69, 9.17) is 0 Å². The molecule has 33 heavy (non-hydrogen) atoms. The summed E-state index contributed by atoms with van der Waals surface area (Å²) in [4.78, 5) is 0. The largest absolute Gasteiger partial charge is 0.491 e. The van der Waals surface area contributed by atoms with Crippen LogP contribution in [0.5, 0.6) is 5.75 Å². The van der Waals surface area contributed by atoms with E-state index >= 15 is 0 Å². The second-order valence-corrected chi connectivity index (χ2v) is 6.40. The molecule has 0 spiro atoms. The van der Waals surface area contributed by atoms with Gasteiger partial charge in [0.15, 0.2) is 52.3 Å². The molecule has 3 aromatic carbocycles. The first kappa shape index (κ1) is 24.3. The van der Waals surface area contributed by atoms with Crippen LogP contribution in [0.3, 0.4) is 0 Å². The van der Waals surface area contributed by atoms with Crippen LogP contribution in [0.15, 0.2) is 12.1 Å². The molecule has 0 aromatic heterocycles. The first-order valence-corrected chi connectivity index (χ1v) is 8.40. The van der Waals surface area contributed by atoms with Crippen molar-refractivity contribution < 1.29 is 57.4 Å². The molecule has 0 radical (unpaired) electrons. The highest BCUT2D eigenvalue weighted by molar-refractivity contribution is 6.95. The molecule has 0 aliphatic rings. The molecule has 3 rings (SSSR count). The van der Waals surface area contributed by atoms with E-state index in [1.807, 2.05) is 0 Å². The lowest BCUT2D eigenvalue weighted by Gasteiger charge is -2.21. The highest BCUT2D eigenvalue weighted by Crippen LogP contribution is 2.26. The summed E-state index contributed by atoms with van der Waals surface area (Å²) in [5.74, 6) is -30.7. The van der Waals surface area contributed by atoms with E-state index < -0.39 is 111 Å². The van der Waals surface area contributed by atoms with Gasteiger partial charge in [0.05, 0.1) is 7.11 Å². The molecule has 0 saturated heterocycles. The lowest BCUT2D eigenvalue weighted by atomic mass is 9.36. The van der Waals surface area contributed by atoms with Crippen LogP contribution in [0.4, 0.5) is 52.7 Å². The minimum Gasteiger partial charge on any atom is -0.491 e. The molecule has 0 bridgehead atoms. The summed E-state index contributed by atoms with van der Waals surface area (Å²) in [6, 6.07) is -0.828. The van der Waals surface area contributed by atoms with Crippen molar-refractivity contribution >= 4 is 23.1 Å². The van der Waals surface area contributed by atoms with Crippen molar-refractivity contribution in [2.75, 3.05) is 7.11 Å². The molecule has 0 amide bonds. The number of methoxy groups -OCH3 is 1. The number of hydrogen-bond acceptors (Lipinski definition) is 1. The van der Waals surface area contributed by atoms with Crippen LogP contribution in [0.2, 0.25) is 0 Å².